The van der Waals surface area contributed by atoms with E-state index >= 15 is 0 Å². The van der Waals surface area contributed by atoms with E-state index in [-0.39, 0.29) is 11.9 Å². The van der Waals surface area contributed by atoms with E-state index in [0.29, 0.717) is 12.4 Å². The minimum atomic E-state index is 0.0372. The SMILES string of the molecule is COCC(C)n1c(SCc2ccccc2C(=O)N2CCCC2)nnc1-c1cccc(OC)c1. The van der Waals surface area contributed by atoms with Crippen LogP contribution in [0.4, 0.5) is 0 Å². The maximum absolute atomic E-state index is 13.0. The second kappa shape index (κ2) is 10.9. The Bertz CT molecular complexity index is 1090. The number of likely N-dealkylation sites (tertiary alicyclic amines) is 1. The van der Waals surface area contributed by atoms with Crippen molar-refractivity contribution in [1.29, 1.82) is 0 Å². The van der Waals surface area contributed by atoms with Crippen molar-refractivity contribution in [2.75, 3.05) is 33.9 Å². The molecule has 1 unspecified atom stereocenters. The van der Waals surface area contributed by atoms with Crippen molar-refractivity contribution >= 4 is 17.7 Å². The van der Waals surface area contributed by atoms with Gasteiger partial charge in [-0.05, 0) is 43.5 Å². The van der Waals surface area contributed by atoms with Crippen molar-refractivity contribution in [3.05, 3.63) is 59.7 Å². The van der Waals surface area contributed by atoms with Gasteiger partial charge in [0.1, 0.15) is 5.75 Å². The van der Waals surface area contributed by atoms with Crippen LogP contribution in [-0.4, -0.2) is 59.5 Å². The Morgan fingerprint density at radius 3 is 2.64 bits per heavy atom. The van der Waals surface area contributed by atoms with Crippen LogP contribution in [0.25, 0.3) is 11.4 Å². The Morgan fingerprint density at radius 1 is 1.09 bits per heavy atom. The van der Waals surface area contributed by atoms with E-state index in [9.17, 15) is 4.79 Å². The number of methoxy groups -OCH3 is 2. The van der Waals surface area contributed by atoms with Crippen LogP contribution in [0.3, 0.4) is 0 Å². The van der Waals surface area contributed by atoms with Gasteiger partial charge < -0.3 is 14.4 Å². The van der Waals surface area contributed by atoms with Gasteiger partial charge in [0.05, 0.1) is 19.8 Å². The number of amides is 1. The zero-order valence-electron chi connectivity index (χ0n) is 19.4. The molecule has 1 fully saturated rings. The number of thioether (sulfide) groups is 1. The molecule has 1 aliphatic rings. The average molecular weight is 467 g/mol. The Hall–Kier alpha value is -2.84. The lowest BCUT2D eigenvalue weighted by molar-refractivity contribution is 0.0792. The van der Waals surface area contributed by atoms with Crippen molar-refractivity contribution in [1.82, 2.24) is 19.7 Å². The molecular formula is C25H30N4O3S. The van der Waals surface area contributed by atoms with Crippen LogP contribution in [0.2, 0.25) is 0 Å². The molecule has 7 nitrogen and oxygen atoms in total. The fraction of sp³-hybridized carbons (Fsp3) is 0.400. The lowest BCUT2D eigenvalue weighted by atomic mass is 10.1. The first-order valence-electron chi connectivity index (χ1n) is 11.2. The molecule has 2 heterocycles. The molecule has 2 aromatic carbocycles. The number of carbonyl (C=O) groups excluding carboxylic acids is 1. The van der Waals surface area contributed by atoms with Gasteiger partial charge in [-0.3, -0.25) is 9.36 Å². The molecule has 0 aliphatic carbocycles. The van der Waals surface area contributed by atoms with E-state index in [1.54, 1.807) is 26.0 Å². The lowest BCUT2D eigenvalue weighted by Gasteiger charge is -2.19. The third-order valence-electron chi connectivity index (χ3n) is 5.84. The minimum Gasteiger partial charge on any atom is -0.497 e. The number of carbonyl (C=O) groups is 1. The summed E-state index contributed by atoms with van der Waals surface area (Å²) in [6, 6.07) is 15.7. The highest BCUT2D eigenvalue weighted by Gasteiger charge is 2.23. The summed E-state index contributed by atoms with van der Waals surface area (Å²) in [5.74, 6) is 2.29. The minimum absolute atomic E-state index is 0.0372. The topological polar surface area (TPSA) is 69.5 Å². The summed E-state index contributed by atoms with van der Waals surface area (Å²) in [6.07, 6.45) is 2.16. The van der Waals surface area contributed by atoms with Crippen LogP contribution in [0.15, 0.2) is 53.7 Å². The zero-order chi connectivity index (χ0) is 23.2. The number of nitrogens with zero attached hydrogens (tertiary/aromatic N) is 4. The van der Waals surface area contributed by atoms with Gasteiger partial charge in [0.25, 0.3) is 5.91 Å². The molecule has 1 amide bonds. The van der Waals surface area contributed by atoms with Crippen molar-refractivity contribution in [3.63, 3.8) is 0 Å². The van der Waals surface area contributed by atoms with Gasteiger partial charge in [-0.1, -0.05) is 42.1 Å². The summed E-state index contributed by atoms with van der Waals surface area (Å²) < 4.78 is 12.9. The summed E-state index contributed by atoms with van der Waals surface area (Å²) >= 11 is 1.59. The van der Waals surface area contributed by atoms with Crippen molar-refractivity contribution in [3.8, 4) is 17.1 Å². The highest BCUT2D eigenvalue weighted by atomic mass is 32.2. The Kier molecular flexibility index (Phi) is 7.67. The molecule has 8 heteroatoms. The number of hydrogen-bond acceptors (Lipinski definition) is 6. The van der Waals surface area contributed by atoms with Crippen molar-refractivity contribution in [2.45, 2.75) is 36.7 Å². The number of aromatic nitrogens is 3. The summed E-state index contributed by atoms with van der Waals surface area (Å²) in [5.41, 5.74) is 2.72. The number of hydrogen-bond donors (Lipinski definition) is 0. The maximum Gasteiger partial charge on any atom is 0.254 e. The van der Waals surface area contributed by atoms with Crippen LogP contribution < -0.4 is 4.74 Å². The molecule has 33 heavy (non-hydrogen) atoms. The average Bonchev–Trinajstić information content (AvgIpc) is 3.53. The van der Waals surface area contributed by atoms with Gasteiger partial charge in [-0.25, -0.2) is 0 Å². The predicted molar refractivity (Wildman–Crippen MR) is 130 cm³/mol. The van der Waals surface area contributed by atoms with Gasteiger partial charge >= 0.3 is 0 Å². The van der Waals surface area contributed by atoms with E-state index in [2.05, 4.69) is 21.7 Å². The molecule has 3 aromatic rings. The van der Waals surface area contributed by atoms with E-state index in [1.807, 2.05) is 53.4 Å². The van der Waals surface area contributed by atoms with Gasteiger partial charge in [0.2, 0.25) is 0 Å². The Morgan fingerprint density at radius 2 is 1.88 bits per heavy atom. The van der Waals surface area contributed by atoms with E-state index in [1.165, 1.54) is 0 Å². The highest BCUT2D eigenvalue weighted by molar-refractivity contribution is 7.98. The predicted octanol–water partition coefficient (Wildman–Crippen LogP) is 4.69. The number of benzene rings is 2. The highest BCUT2D eigenvalue weighted by Crippen LogP contribution is 2.32. The fourth-order valence-corrected chi connectivity index (χ4v) is 5.18. The third-order valence-corrected chi connectivity index (χ3v) is 6.83. The van der Waals surface area contributed by atoms with Gasteiger partial charge in [-0.2, -0.15) is 0 Å². The van der Waals surface area contributed by atoms with E-state index < -0.39 is 0 Å². The van der Waals surface area contributed by atoms with Crippen molar-refractivity contribution in [2.24, 2.45) is 0 Å². The van der Waals surface area contributed by atoms with Crippen LogP contribution in [0.1, 0.15) is 41.7 Å². The van der Waals surface area contributed by atoms with E-state index in [0.717, 1.165) is 59.4 Å². The molecule has 0 radical (unpaired) electrons. The smallest absolute Gasteiger partial charge is 0.254 e. The largest absolute Gasteiger partial charge is 0.497 e. The first-order chi connectivity index (χ1) is 16.1. The molecule has 0 saturated carbocycles. The van der Waals surface area contributed by atoms with Crippen LogP contribution in [-0.2, 0) is 10.5 Å². The second-order valence-electron chi connectivity index (χ2n) is 8.16. The molecule has 1 atom stereocenters. The summed E-state index contributed by atoms with van der Waals surface area (Å²) in [4.78, 5) is 15.0. The number of ether oxygens (including phenoxy) is 2. The second-order valence-corrected chi connectivity index (χ2v) is 9.10. The molecule has 4 rings (SSSR count). The van der Waals surface area contributed by atoms with Gasteiger partial charge in [0, 0.05) is 37.1 Å². The van der Waals surface area contributed by atoms with Crippen LogP contribution in [0, 0.1) is 0 Å². The van der Waals surface area contributed by atoms with Crippen LogP contribution >= 0.6 is 11.8 Å². The third kappa shape index (κ3) is 5.23. The lowest BCUT2D eigenvalue weighted by Crippen LogP contribution is -2.28. The molecule has 1 saturated heterocycles. The maximum atomic E-state index is 13.0. The Labute approximate surface area is 199 Å². The first kappa shape index (κ1) is 23.3. The number of rotatable bonds is 9. The molecule has 1 aromatic heterocycles. The summed E-state index contributed by atoms with van der Waals surface area (Å²) in [6.45, 7) is 4.30. The summed E-state index contributed by atoms with van der Waals surface area (Å²) in [5, 5.41) is 9.80. The van der Waals surface area contributed by atoms with Gasteiger partial charge in [-0.15, -0.1) is 10.2 Å². The molecule has 0 bridgehead atoms. The Balaban J connectivity index is 1.61. The van der Waals surface area contributed by atoms with E-state index in [4.69, 9.17) is 9.47 Å². The van der Waals surface area contributed by atoms with Crippen molar-refractivity contribution < 1.29 is 14.3 Å². The quantitative estimate of drug-likeness (QED) is 0.426. The monoisotopic (exact) mass is 466 g/mol. The molecule has 174 valence electrons. The normalized spacial score (nSPS) is 14.5. The molecule has 0 spiro atoms. The van der Waals surface area contributed by atoms with Gasteiger partial charge in [0.15, 0.2) is 11.0 Å². The standard InChI is InChI=1S/C25H30N4O3S/c1-18(16-31-2)29-23(19-10-8-11-21(15-19)32-3)26-27-25(29)33-17-20-9-4-5-12-22(20)24(30)28-13-6-7-14-28/h4-5,8-12,15,18H,6-7,13-14,16-17H2,1-3H3. The molecule has 1 aliphatic heterocycles. The molecular weight excluding hydrogens is 436 g/mol. The fourth-order valence-electron chi connectivity index (χ4n) is 4.14. The summed E-state index contributed by atoms with van der Waals surface area (Å²) in [7, 11) is 3.35. The first-order valence-corrected chi connectivity index (χ1v) is 12.2. The zero-order valence-corrected chi connectivity index (χ0v) is 20.2. The molecule has 0 N–H and O–H groups in total. The van der Waals surface area contributed by atoms with Crippen LogP contribution in [0.5, 0.6) is 5.75 Å².